The van der Waals surface area contributed by atoms with Crippen LogP contribution in [0.3, 0.4) is 0 Å². The van der Waals surface area contributed by atoms with Crippen molar-refractivity contribution in [2.75, 3.05) is 14.2 Å². The van der Waals surface area contributed by atoms with Crippen LogP contribution in [0.5, 0.6) is 11.5 Å². The van der Waals surface area contributed by atoms with E-state index in [4.69, 9.17) is 21.1 Å². The van der Waals surface area contributed by atoms with Gasteiger partial charge in [0.15, 0.2) is 5.75 Å². The van der Waals surface area contributed by atoms with E-state index >= 15 is 0 Å². The first-order chi connectivity index (χ1) is 7.15. The Morgan fingerprint density at radius 2 is 2.07 bits per heavy atom. The number of hydrogen-bond acceptors (Lipinski definition) is 3. The lowest BCUT2D eigenvalue weighted by Crippen LogP contribution is -2.02. The Hall–Kier alpha value is -1.10. The van der Waals surface area contributed by atoms with E-state index < -0.39 is 6.43 Å². The van der Waals surface area contributed by atoms with Gasteiger partial charge in [0.25, 0.3) is 6.43 Å². The van der Waals surface area contributed by atoms with E-state index in [0.717, 1.165) is 0 Å². The van der Waals surface area contributed by atoms with Crippen molar-refractivity contribution in [2.45, 2.75) is 12.3 Å². The largest absolute Gasteiger partial charge is 0.494 e. The number of pyridine rings is 1. The van der Waals surface area contributed by atoms with Crippen LogP contribution in [0, 0.1) is 0 Å². The molecule has 84 valence electrons. The molecule has 0 amide bonds. The van der Waals surface area contributed by atoms with E-state index in [9.17, 15) is 8.78 Å². The third kappa shape index (κ3) is 2.28. The van der Waals surface area contributed by atoms with Crippen LogP contribution in [-0.4, -0.2) is 19.2 Å². The van der Waals surface area contributed by atoms with Gasteiger partial charge >= 0.3 is 0 Å². The fourth-order valence-electron chi connectivity index (χ4n) is 1.22. The van der Waals surface area contributed by atoms with Crippen molar-refractivity contribution in [2.24, 2.45) is 0 Å². The van der Waals surface area contributed by atoms with Crippen molar-refractivity contribution < 1.29 is 18.3 Å². The SMILES string of the molecule is COc1cnc(CCl)c(OC)c1C(F)F. The number of hydrogen-bond donors (Lipinski definition) is 0. The second-order valence-electron chi connectivity index (χ2n) is 2.65. The predicted molar refractivity (Wildman–Crippen MR) is 51.9 cm³/mol. The molecule has 0 saturated heterocycles. The minimum absolute atomic E-state index is 0.00397. The van der Waals surface area contributed by atoms with Gasteiger partial charge in [-0.3, -0.25) is 4.98 Å². The summed E-state index contributed by atoms with van der Waals surface area (Å²) in [6.07, 6.45) is -1.48. The van der Waals surface area contributed by atoms with Gasteiger partial charge in [-0.05, 0) is 0 Å². The first-order valence-corrected chi connectivity index (χ1v) is 4.63. The highest BCUT2D eigenvalue weighted by Crippen LogP contribution is 2.38. The maximum absolute atomic E-state index is 12.7. The molecule has 0 aromatic carbocycles. The average molecular weight is 238 g/mol. The maximum Gasteiger partial charge on any atom is 0.271 e. The van der Waals surface area contributed by atoms with Gasteiger partial charge in [-0.2, -0.15) is 0 Å². The minimum Gasteiger partial charge on any atom is -0.494 e. The zero-order valence-corrected chi connectivity index (χ0v) is 9.02. The highest BCUT2D eigenvalue weighted by molar-refractivity contribution is 6.17. The number of halogens is 3. The molecule has 0 saturated carbocycles. The Balaban J connectivity index is 3.37. The summed E-state index contributed by atoms with van der Waals surface area (Å²) in [4.78, 5) is 3.87. The first-order valence-electron chi connectivity index (χ1n) is 4.09. The highest BCUT2D eigenvalue weighted by Gasteiger charge is 2.23. The van der Waals surface area contributed by atoms with Gasteiger partial charge in [-0.1, -0.05) is 0 Å². The number of ether oxygens (including phenoxy) is 2. The lowest BCUT2D eigenvalue weighted by Gasteiger charge is -2.14. The molecule has 0 aliphatic rings. The van der Waals surface area contributed by atoms with Gasteiger partial charge in [0.05, 0.1) is 32.0 Å². The molecule has 0 unspecified atom stereocenters. The molecule has 0 aliphatic heterocycles. The molecule has 0 fully saturated rings. The van der Waals surface area contributed by atoms with Crippen LogP contribution < -0.4 is 9.47 Å². The predicted octanol–water partition coefficient (Wildman–Crippen LogP) is 2.78. The van der Waals surface area contributed by atoms with E-state index in [-0.39, 0.29) is 28.6 Å². The van der Waals surface area contributed by atoms with Crippen molar-refractivity contribution in [3.8, 4) is 11.5 Å². The molecule has 1 aromatic rings. The monoisotopic (exact) mass is 237 g/mol. The minimum atomic E-state index is -2.69. The Labute approximate surface area is 91.0 Å². The standard InChI is InChI=1S/C9H10ClF2NO2/c1-14-6-4-13-5(3-10)8(15-2)7(6)9(11)12/h4,9H,3H2,1-2H3. The van der Waals surface area contributed by atoms with Gasteiger partial charge in [0, 0.05) is 0 Å². The zero-order chi connectivity index (χ0) is 11.4. The highest BCUT2D eigenvalue weighted by atomic mass is 35.5. The van der Waals surface area contributed by atoms with Crippen LogP contribution in [0.2, 0.25) is 0 Å². The fourth-order valence-corrected chi connectivity index (χ4v) is 1.41. The van der Waals surface area contributed by atoms with Crippen molar-refractivity contribution in [1.29, 1.82) is 0 Å². The summed E-state index contributed by atoms with van der Waals surface area (Å²) >= 11 is 5.55. The van der Waals surface area contributed by atoms with Gasteiger partial charge < -0.3 is 9.47 Å². The average Bonchev–Trinajstić information content (AvgIpc) is 2.26. The van der Waals surface area contributed by atoms with Crippen molar-refractivity contribution in [3.05, 3.63) is 17.5 Å². The van der Waals surface area contributed by atoms with Gasteiger partial charge in [-0.15, -0.1) is 11.6 Å². The molecule has 0 radical (unpaired) electrons. The van der Waals surface area contributed by atoms with Crippen LogP contribution in [0.4, 0.5) is 8.78 Å². The Morgan fingerprint density at radius 1 is 1.40 bits per heavy atom. The lowest BCUT2D eigenvalue weighted by molar-refractivity contribution is 0.142. The summed E-state index contributed by atoms with van der Waals surface area (Å²) in [6, 6.07) is 0. The van der Waals surface area contributed by atoms with Gasteiger partial charge in [0.1, 0.15) is 11.3 Å². The lowest BCUT2D eigenvalue weighted by atomic mass is 10.2. The normalized spacial score (nSPS) is 10.5. The summed E-state index contributed by atoms with van der Waals surface area (Å²) in [5.41, 5.74) is -0.0408. The third-order valence-corrected chi connectivity index (χ3v) is 2.13. The quantitative estimate of drug-likeness (QED) is 0.755. The maximum atomic E-state index is 12.7. The van der Waals surface area contributed by atoms with Crippen LogP contribution >= 0.6 is 11.6 Å². The molecule has 0 spiro atoms. The second kappa shape index (κ2) is 5.11. The Morgan fingerprint density at radius 3 is 2.47 bits per heavy atom. The molecule has 0 N–H and O–H groups in total. The number of alkyl halides is 3. The number of aromatic nitrogens is 1. The molecule has 1 heterocycles. The molecule has 0 atom stereocenters. The number of methoxy groups -OCH3 is 2. The van der Waals surface area contributed by atoms with Gasteiger partial charge in [0.2, 0.25) is 0 Å². The summed E-state index contributed by atoms with van der Waals surface area (Å²) in [5, 5.41) is 0. The Bertz CT molecular complexity index is 347. The molecular formula is C9H10ClF2NO2. The second-order valence-corrected chi connectivity index (χ2v) is 2.92. The van der Waals surface area contributed by atoms with Crippen molar-refractivity contribution in [3.63, 3.8) is 0 Å². The van der Waals surface area contributed by atoms with E-state index in [1.807, 2.05) is 0 Å². The topological polar surface area (TPSA) is 31.4 Å². The molecule has 6 heteroatoms. The van der Waals surface area contributed by atoms with E-state index in [0.29, 0.717) is 0 Å². The van der Waals surface area contributed by atoms with Crippen LogP contribution in [0.1, 0.15) is 17.7 Å². The summed E-state index contributed by atoms with van der Waals surface area (Å²) < 4.78 is 35.1. The molecule has 3 nitrogen and oxygen atoms in total. The van der Waals surface area contributed by atoms with Crippen molar-refractivity contribution in [1.82, 2.24) is 4.98 Å². The van der Waals surface area contributed by atoms with Crippen LogP contribution in [-0.2, 0) is 5.88 Å². The smallest absolute Gasteiger partial charge is 0.271 e. The van der Waals surface area contributed by atoms with E-state index in [1.54, 1.807) is 0 Å². The third-order valence-electron chi connectivity index (χ3n) is 1.88. The first kappa shape index (κ1) is 12.0. The molecule has 0 aliphatic carbocycles. The molecule has 1 aromatic heterocycles. The molecular weight excluding hydrogens is 228 g/mol. The summed E-state index contributed by atoms with van der Waals surface area (Å²) in [7, 11) is 2.58. The molecule has 1 rings (SSSR count). The summed E-state index contributed by atoms with van der Waals surface area (Å²) in [5.74, 6) is -0.0116. The fraction of sp³-hybridized carbons (Fsp3) is 0.444. The van der Waals surface area contributed by atoms with Crippen LogP contribution in [0.25, 0.3) is 0 Å². The Kier molecular flexibility index (Phi) is 4.08. The number of rotatable bonds is 4. The molecule has 0 bridgehead atoms. The van der Waals surface area contributed by atoms with E-state index in [2.05, 4.69) is 4.98 Å². The van der Waals surface area contributed by atoms with Gasteiger partial charge in [-0.25, -0.2) is 8.78 Å². The summed E-state index contributed by atoms with van der Waals surface area (Å²) in [6.45, 7) is 0. The zero-order valence-electron chi connectivity index (χ0n) is 8.26. The van der Waals surface area contributed by atoms with Crippen LogP contribution in [0.15, 0.2) is 6.20 Å². The molecule has 15 heavy (non-hydrogen) atoms. The van der Waals surface area contributed by atoms with E-state index in [1.165, 1.54) is 20.4 Å². The number of nitrogens with zero attached hydrogens (tertiary/aromatic N) is 1. The van der Waals surface area contributed by atoms with Crippen molar-refractivity contribution >= 4 is 11.6 Å².